The summed E-state index contributed by atoms with van der Waals surface area (Å²) in [5.41, 5.74) is 7.06. The highest BCUT2D eigenvalue weighted by Gasteiger charge is 2.09. The fraction of sp³-hybridized carbons (Fsp3) is 0.133. The molecule has 0 aliphatic rings. The molecule has 0 amide bonds. The van der Waals surface area contributed by atoms with E-state index in [1.807, 2.05) is 0 Å². The van der Waals surface area contributed by atoms with Crippen LogP contribution in [0.5, 0.6) is 11.5 Å². The highest BCUT2D eigenvalue weighted by molar-refractivity contribution is 9.10. The topological polar surface area (TPSA) is 44.5 Å². The summed E-state index contributed by atoms with van der Waals surface area (Å²) in [5, 5.41) is 0. The Hall–Kier alpha value is -1.66. The van der Waals surface area contributed by atoms with Gasteiger partial charge in [0.1, 0.15) is 17.3 Å². The first-order valence-electron chi connectivity index (χ1n) is 6.06. The molecule has 2 N–H and O–H groups in total. The zero-order valence-corrected chi connectivity index (χ0v) is 13.6. The van der Waals surface area contributed by atoms with Gasteiger partial charge in [-0.05, 0) is 36.4 Å². The van der Waals surface area contributed by atoms with E-state index in [9.17, 15) is 4.39 Å². The molecular formula is C15H13BrFNO2S. The molecule has 6 heteroatoms. The van der Waals surface area contributed by atoms with Crippen molar-refractivity contribution in [2.24, 2.45) is 5.73 Å². The zero-order valence-electron chi connectivity index (χ0n) is 11.2. The molecule has 0 aliphatic carbocycles. The van der Waals surface area contributed by atoms with Gasteiger partial charge in [0, 0.05) is 15.6 Å². The molecule has 0 spiro atoms. The second-order valence-electron chi connectivity index (χ2n) is 4.25. The van der Waals surface area contributed by atoms with Crippen LogP contribution in [0.25, 0.3) is 0 Å². The molecule has 0 saturated heterocycles. The minimum Gasteiger partial charge on any atom is -0.496 e. The predicted octanol–water partition coefficient (Wildman–Crippen LogP) is 3.81. The van der Waals surface area contributed by atoms with Crippen LogP contribution in [0.4, 0.5) is 4.39 Å². The number of ether oxygens (including phenoxy) is 2. The number of methoxy groups -OCH3 is 1. The van der Waals surface area contributed by atoms with Crippen molar-refractivity contribution in [2.75, 3.05) is 7.11 Å². The number of rotatable bonds is 5. The lowest BCUT2D eigenvalue weighted by Gasteiger charge is -2.12. The quantitative estimate of drug-likeness (QED) is 0.813. The third-order valence-electron chi connectivity index (χ3n) is 2.84. The van der Waals surface area contributed by atoms with Crippen LogP contribution in [-0.4, -0.2) is 12.1 Å². The maximum atomic E-state index is 13.7. The van der Waals surface area contributed by atoms with Gasteiger partial charge in [0.05, 0.1) is 7.11 Å². The molecule has 110 valence electrons. The van der Waals surface area contributed by atoms with Crippen LogP contribution < -0.4 is 15.2 Å². The van der Waals surface area contributed by atoms with E-state index >= 15 is 0 Å². The molecule has 0 radical (unpaired) electrons. The molecule has 0 fully saturated rings. The van der Waals surface area contributed by atoms with Gasteiger partial charge in [0.2, 0.25) is 0 Å². The van der Waals surface area contributed by atoms with Crippen molar-refractivity contribution in [2.45, 2.75) is 6.61 Å². The third kappa shape index (κ3) is 3.92. The molecular weight excluding hydrogens is 357 g/mol. The van der Waals surface area contributed by atoms with Crippen LogP contribution >= 0.6 is 28.1 Å². The minimum absolute atomic E-state index is 0.151. The molecule has 0 aromatic heterocycles. The van der Waals surface area contributed by atoms with E-state index in [0.717, 1.165) is 5.56 Å². The molecule has 0 unspecified atom stereocenters. The number of halogens is 2. The number of hydrogen-bond acceptors (Lipinski definition) is 3. The van der Waals surface area contributed by atoms with E-state index in [4.69, 9.17) is 27.4 Å². The summed E-state index contributed by atoms with van der Waals surface area (Å²) in [4.78, 5) is 0.286. The number of benzene rings is 2. The molecule has 21 heavy (non-hydrogen) atoms. The van der Waals surface area contributed by atoms with E-state index in [0.29, 0.717) is 15.8 Å². The van der Waals surface area contributed by atoms with E-state index in [1.165, 1.54) is 6.07 Å². The average Bonchev–Trinajstić information content (AvgIpc) is 2.46. The fourth-order valence-corrected chi connectivity index (χ4v) is 2.25. The lowest BCUT2D eigenvalue weighted by molar-refractivity contribution is 0.282. The van der Waals surface area contributed by atoms with Crippen LogP contribution in [0.3, 0.4) is 0 Å². The summed E-state index contributed by atoms with van der Waals surface area (Å²) in [7, 11) is 1.56. The van der Waals surface area contributed by atoms with Crippen molar-refractivity contribution in [1.82, 2.24) is 0 Å². The van der Waals surface area contributed by atoms with Gasteiger partial charge in [0.15, 0.2) is 11.6 Å². The standard InChI is InChI=1S/C15H13BrFNO2S/c1-19-13-4-2-9(15(18)21)6-10(13)8-20-14-5-3-11(16)7-12(14)17/h2-7H,8H2,1H3,(H2,18,21). The summed E-state index contributed by atoms with van der Waals surface area (Å²) in [6.07, 6.45) is 0. The summed E-state index contributed by atoms with van der Waals surface area (Å²) >= 11 is 8.14. The second kappa shape index (κ2) is 6.87. The lowest BCUT2D eigenvalue weighted by atomic mass is 10.1. The van der Waals surface area contributed by atoms with Crippen LogP contribution in [0.15, 0.2) is 40.9 Å². The van der Waals surface area contributed by atoms with Gasteiger partial charge in [-0.15, -0.1) is 0 Å². The number of nitrogens with two attached hydrogens (primary N) is 1. The van der Waals surface area contributed by atoms with Crippen molar-refractivity contribution in [3.63, 3.8) is 0 Å². The molecule has 3 nitrogen and oxygen atoms in total. The second-order valence-corrected chi connectivity index (χ2v) is 5.61. The van der Waals surface area contributed by atoms with Gasteiger partial charge in [-0.25, -0.2) is 4.39 Å². The van der Waals surface area contributed by atoms with Crippen LogP contribution in [0, 0.1) is 5.82 Å². The summed E-state index contributed by atoms with van der Waals surface area (Å²) in [5.74, 6) is 0.363. The first kappa shape index (κ1) is 15.7. The maximum Gasteiger partial charge on any atom is 0.166 e. The fourth-order valence-electron chi connectivity index (χ4n) is 1.79. The maximum absolute atomic E-state index is 13.7. The third-order valence-corrected chi connectivity index (χ3v) is 3.57. The molecule has 0 atom stereocenters. The molecule has 2 aromatic rings. The Labute approximate surface area is 136 Å². The van der Waals surface area contributed by atoms with Crippen LogP contribution in [0.1, 0.15) is 11.1 Å². The summed E-state index contributed by atoms with van der Waals surface area (Å²) in [6.45, 7) is 0.151. The molecule has 0 bridgehead atoms. The van der Waals surface area contributed by atoms with Crippen molar-refractivity contribution in [3.8, 4) is 11.5 Å². The van der Waals surface area contributed by atoms with Crippen LogP contribution in [0.2, 0.25) is 0 Å². The van der Waals surface area contributed by atoms with Gasteiger partial charge in [-0.1, -0.05) is 28.1 Å². The molecule has 2 rings (SSSR count). The first-order chi connectivity index (χ1) is 10.0. The molecule has 0 aliphatic heterocycles. The Morgan fingerprint density at radius 3 is 2.57 bits per heavy atom. The van der Waals surface area contributed by atoms with E-state index in [2.05, 4.69) is 15.9 Å². The summed E-state index contributed by atoms with van der Waals surface area (Å²) < 4.78 is 25.1. The number of hydrogen-bond donors (Lipinski definition) is 1. The predicted molar refractivity (Wildman–Crippen MR) is 87.3 cm³/mol. The molecule has 0 heterocycles. The van der Waals surface area contributed by atoms with E-state index in [1.54, 1.807) is 37.4 Å². The SMILES string of the molecule is COc1ccc(C(N)=S)cc1COc1ccc(Br)cc1F. The van der Waals surface area contributed by atoms with Gasteiger partial charge in [-0.3, -0.25) is 0 Å². The molecule has 0 saturated carbocycles. The lowest BCUT2D eigenvalue weighted by Crippen LogP contribution is -2.10. The summed E-state index contributed by atoms with van der Waals surface area (Å²) in [6, 6.07) is 9.91. The zero-order chi connectivity index (χ0) is 15.4. The Morgan fingerprint density at radius 1 is 1.24 bits per heavy atom. The Morgan fingerprint density at radius 2 is 1.95 bits per heavy atom. The Balaban J connectivity index is 2.22. The highest BCUT2D eigenvalue weighted by atomic mass is 79.9. The van der Waals surface area contributed by atoms with Crippen molar-refractivity contribution in [1.29, 1.82) is 0 Å². The Kier molecular flexibility index (Phi) is 5.14. The van der Waals surface area contributed by atoms with Gasteiger partial charge in [0.25, 0.3) is 0 Å². The van der Waals surface area contributed by atoms with Crippen LogP contribution in [-0.2, 0) is 6.61 Å². The smallest absolute Gasteiger partial charge is 0.166 e. The van der Waals surface area contributed by atoms with E-state index in [-0.39, 0.29) is 17.3 Å². The van der Waals surface area contributed by atoms with Crippen molar-refractivity contribution < 1.29 is 13.9 Å². The monoisotopic (exact) mass is 369 g/mol. The highest BCUT2D eigenvalue weighted by Crippen LogP contribution is 2.25. The average molecular weight is 370 g/mol. The largest absolute Gasteiger partial charge is 0.496 e. The Bertz CT molecular complexity index is 679. The minimum atomic E-state index is -0.436. The molecule has 2 aromatic carbocycles. The normalized spacial score (nSPS) is 10.2. The van der Waals surface area contributed by atoms with Gasteiger partial charge < -0.3 is 15.2 Å². The van der Waals surface area contributed by atoms with Crippen molar-refractivity contribution in [3.05, 3.63) is 57.8 Å². The van der Waals surface area contributed by atoms with Gasteiger partial charge in [-0.2, -0.15) is 0 Å². The van der Waals surface area contributed by atoms with Crippen molar-refractivity contribution >= 4 is 33.1 Å². The first-order valence-corrected chi connectivity index (χ1v) is 7.26. The van der Waals surface area contributed by atoms with Gasteiger partial charge >= 0.3 is 0 Å². The number of thiocarbonyl (C=S) groups is 1. The van der Waals surface area contributed by atoms with E-state index < -0.39 is 5.82 Å².